The topological polar surface area (TPSA) is 80.0 Å². The zero-order chi connectivity index (χ0) is 15.4. The summed E-state index contributed by atoms with van der Waals surface area (Å²) >= 11 is 0. The summed E-state index contributed by atoms with van der Waals surface area (Å²) in [5.74, 6) is 1.56. The van der Waals surface area contributed by atoms with E-state index in [9.17, 15) is 18.0 Å². The Hall–Kier alpha value is -2.61. The molecule has 21 heavy (non-hydrogen) atoms. The van der Waals surface area contributed by atoms with Crippen molar-refractivity contribution in [1.29, 1.82) is 0 Å². The molecule has 1 heterocycles. The number of pyridine rings is 1. The number of halogens is 3. The zero-order valence-corrected chi connectivity index (χ0v) is 10.7. The number of hydrogen-bond acceptors (Lipinski definition) is 4. The Morgan fingerprint density at radius 1 is 1.24 bits per heavy atom. The van der Waals surface area contributed by atoms with Crippen LogP contribution < -0.4 is 16.6 Å². The van der Waals surface area contributed by atoms with Gasteiger partial charge in [0.1, 0.15) is 11.6 Å². The van der Waals surface area contributed by atoms with Crippen LogP contribution in [-0.4, -0.2) is 10.9 Å². The van der Waals surface area contributed by atoms with E-state index >= 15 is 0 Å². The van der Waals surface area contributed by atoms with Gasteiger partial charge in [-0.3, -0.25) is 4.79 Å². The van der Waals surface area contributed by atoms with Crippen LogP contribution in [0.2, 0.25) is 0 Å². The Balaban J connectivity index is 2.12. The van der Waals surface area contributed by atoms with Gasteiger partial charge in [0.25, 0.3) is 5.91 Å². The number of nitrogens with one attached hydrogen (secondary N) is 2. The molecule has 0 unspecified atom stereocenters. The number of amides is 1. The van der Waals surface area contributed by atoms with Crippen LogP contribution in [0.15, 0.2) is 30.5 Å². The maximum absolute atomic E-state index is 13.8. The monoisotopic (exact) mass is 296 g/mol. The minimum Gasteiger partial charge on any atom is -0.348 e. The third kappa shape index (κ3) is 3.29. The van der Waals surface area contributed by atoms with Crippen molar-refractivity contribution in [2.45, 2.75) is 6.54 Å². The van der Waals surface area contributed by atoms with Crippen molar-refractivity contribution in [1.82, 2.24) is 10.3 Å². The number of anilines is 1. The second-order valence-electron chi connectivity index (χ2n) is 4.08. The molecule has 0 radical (unpaired) electrons. The van der Waals surface area contributed by atoms with Gasteiger partial charge in [0.05, 0.1) is 5.56 Å². The normalized spacial score (nSPS) is 10.3. The molecule has 1 aromatic carbocycles. The van der Waals surface area contributed by atoms with Crippen molar-refractivity contribution < 1.29 is 18.0 Å². The minimum atomic E-state index is -0.919. The Morgan fingerprint density at radius 2 is 2.00 bits per heavy atom. The lowest BCUT2D eigenvalue weighted by Gasteiger charge is -2.08. The molecule has 5 nitrogen and oxygen atoms in total. The molecule has 0 aliphatic carbocycles. The van der Waals surface area contributed by atoms with E-state index in [0.717, 1.165) is 12.1 Å². The van der Waals surface area contributed by atoms with Crippen molar-refractivity contribution in [2.75, 3.05) is 5.43 Å². The van der Waals surface area contributed by atoms with Gasteiger partial charge in [-0.25, -0.2) is 24.0 Å². The average Bonchev–Trinajstić information content (AvgIpc) is 2.46. The van der Waals surface area contributed by atoms with Crippen LogP contribution in [0.1, 0.15) is 15.9 Å². The maximum atomic E-state index is 13.8. The third-order valence-electron chi connectivity index (χ3n) is 2.73. The first-order valence-electron chi connectivity index (χ1n) is 5.86. The molecule has 110 valence electrons. The quantitative estimate of drug-likeness (QED) is 0.593. The van der Waals surface area contributed by atoms with E-state index in [1.54, 1.807) is 0 Å². The third-order valence-corrected chi connectivity index (χ3v) is 2.73. The summed E-state index contributed by atoms with van der Waals surface area (Å²) in [6, 6.07) is 4.12. The lowest BCUT2D eigenvalue weighted by molar-refractivity contribution is 0.0946. The molecule has 0 spiro atoms. The lowest BCUT2D eigenvalue weighted by Crippen LogP contribution is -2.25. The summed E-state index contributed by atoms with van der Waals surface area (Å²) in [5.41, 5.74) is 1.80. The number of carbonyl (C=O) groups excluding carboxylic acids is 1. The highest BCUT2D eigenvalue weighted by molar-refractivity contribution is 5.95. The van der Waals surface area contributed by atoms with Crippen LogP contribution in [0.5, 0.6) is 0 Å². The van der Waals surface area contributed by atoms with E-state index in [-0.39, 0.29) is 23.5 Å². The maximum Gasteiger partial charge on any atom is 0.254 e. The Bertz CT molecular complexity index is 678. The summed E-state index contributed by atoms with van der Waals surface area (Å²) in [4.78, 5) is 15.4. The number of carbonyl (C=O) groups is 1. The van der Waals surface area contributed by atoms with Crippen LogP contribution >= 0.6 is 0 Å². The molecular formula is C13H11F3N4O. The number of nitrogens with zero attached hydrogens (tertiary/aromatic N) is 1. The first-order valence-corrected chi connectivity index (χ1v) is 5.86. The van der Waals surface area contributed by atoms with Gasteiger partial charge in [-0.1, -0.05) is 6.07 Å². The standard InChI is InChI=1S/C13H11F3N4O/c14-8-2-1-7(10(15)5-8)6-19-13(21)9-3-4-18-12(20-17)11(9)16/h1-5H,6,17H2,(H,18,20)(H,19,21). The van der Waals surface area contributed by atoms with Crippen molar-refractivity contribution >= 4 is 11.7 Å². The van der Waals surface area contributed by atoms with E-state index in [0.29, 0.717) is 6.07 Å². The molecule has 0 bridgehead atoms. The number of hydrogen-bond donors (Lipinski definition) is 3. The van der Waals surface area contributed by atoms with Crippen molar-refractivity contribution in [3.8, 4) is 0 Å². The zero-order valence-electron chi connectivity index (χ0n) is 10.7. The fourth-order valence-corrected chi connectivity index (χ4v) is 1.66. The number of benzene rings is 1. The highest BCUT2D eigenvalue weighted by Gasteiger charge is 2.16. The van der Waals surface area contributed by atoms with Crippen LogP contribution in [0, 0.1) is 17.5 Å². The van der Waals surface area contributed by atoms with E-state index in [4.69, 9.17) is 5.84 Å². The molecule has 0 aliphatic rings. The summed E-state index contributed by atoms with van der Waals surface area (Å²) in [7, 11) is 0. The minimum absolute atomic E-state index is 0.0800. The van der Waals surface area contributed by atoms with E-state index < -0.39 is 23.4 Å². The molecule has 1 amide bonds. The van der Waals surface area contributed by atoms with Gasteiger partial charge in [-0.05, 0) is 12.1 Å². The highest BCUT2D eigenvalue weighted by Crippen LogP contribution is 2.14. The lowest BCUT2D eigenvalue weighted by atomic mass is 10.2. The summed E-state index contributed by atoms with van der Waals surface area (Å²) in [6.07, 6.45) is 1.20. The van der Waals surface area contributed by atoms with Gasteiger partial charge < -0.3 is 10.7 Å². The van der Waals surface area contributed by atoms with Crippen LogP contribution in [0.4, 0.5) is 19.0 Å². The fourth-order valence-electron chi connectivity index (χ4n) is 1.66. The molecular weight excluding hydrogens is 285 g/mol. The molecule has 0 saturated heterocycles. The molecule has 0 aliphatic heterocycles. The molecule has 4 N–H and O–H groups in total. The highest BCUT2D eigenvalue weighted by atomic mass is 19.1. The number of nitrogens with two attached hydrogens (primary N) is 1. The van der Waals surface area contributed by atoms with Crippen LogP contribution in [0.3, 0.4) is 0 Å². The SMILES string of the molecule is NNc1nccc(C(=O)NCc2ccc(F)cc2F)c1F. The second kappa shape index (κ2) is 6.23. The predicted octanol–water partition coefficient (Wildman–Crippen LogP) is 1.71. The van der Waals surface area contributed by atoms with Crippen molar-refractivity contribution in [3.05, 3.63) is 59.0 Å². The average molecular weight is 296 g/mol. The fraction of sp³-hybridized carbons (Fsp3) is 0.0769. The second-order valence-corrected chi connectivity index (χ2v) is 4.08. The van der Waals surface area contributed by atoms with Gasteiger partial charge in [-0.15, -0.1) is 0 Å². The number of aromatic nitrogens is 1. The van der Waals surface area contributed by atoms with Crippen molar-refractivity contribution in [2.24, 2.45) is 5.84 Å². The summed E-state index contributed by atoms with van der Waals surface area (Å²) in [5, 5.41) is 2.33. The molecule has 1 aromatic heterocycles. The Labute approximate surface area is 118 Å². The first kappa shape index (κ1) is 14.8. The number of nitrogen functional groups attached to an aromatic ring is 1. The predicted molar refractivity (Wildman–Crippen MR) is 69.5 cm³/mol. The summed E-state index contributed by atoms with van der Waals surface area (Å²) < 4.78 is 39.9. The number of hydrazine groups is 1. The van der Waals surface area contributed by atoms with Gasteiger partial charge in [0.2, 0.25) is 0 Å². The van der Waals surface area contributed by atoms with E-state index in [1.165, 1.54) is 12.3 Å². The molecule has 8 heteroatoms. The van der Waals surface area contributed by atoms with Gasteiger partial charge in [0, 0.05) is 24.4 Å². The Kier molecular flexibility index (Phi) is 4.39. The largest absolute Gasteiger partial charge is 0.348 e. The van der Waals surface area contributed by atoms with Crippen LogP contribution in [0.25, 0.3) is 0 Å². The van der Waals surface area contributed by atoms with Crippen molar-refractivity contribution in [3.63, 3.8) is 0 Å². The molecule has 0 fully saturated rings. The molecule has 2 aromatic rings. The van der Waals surface area contributed by atoms with Crippen LogP contribution in [-0.2, 0) is 6.54 Å². The molecule has 2 rings (SSSR count). The molecule has 0 saturated carbocycles. The van der Waals surface area contributed by atoms with E-state index in [2.05, 4.69) is 10.3 Å². The van der Waals surface area contributed by atoms with E-state index in [1.807, 2.05) is 5.43 Å². The Morgan fingerprint density at radius 3 is 2.67 bits per heavy atom. The summed E-state index contributed by atoms with van der Waals surface area (Å²) in [6.45, 7) is -0.210. The van der Waals surface area contributed by atoms with Gasteiger partial charge >= 0.3 is 0 Å². The smallest absolute Gasteiger partial charge is 0.254 e. The van der Waals surface area contributed by atoms with Gasteiger partial charge in [0.15, 0.2) is 11.6 Å². The first-order chi connectivity index (χ1) is 10.0. The number of rotatable bonds is 4. The molecule has 0 atom stereocenters. The van der Waals surface area contributed by atoms with Gasteiger partial charge in [-0.2, -0.15) is 0 Å².